The van der Waals surface area contributed by atoms with Crippen molar-refractivity contribution in [2.45, 2.75) is 6.92 Å². The smallest absolute Gasteiger partial charge is 0.200 e. The summed E-state index contributed by atoms with van der Waals surface area (Å²) in [4.78, 5) is 0.673. The highest BCUT2D eigenvalue weighted by Crippen LogP contribution is 2.11. The Morgan fingerprint density at radius 3 is 2.28 bits per heavy atom. The molecule has 1 N–H and O–H groups in total. The van der Waals surface area contributed by atoms with Gasteiger partial charge in [-0.3, -0.25) is 0 Å². The van der Waals surface area contributed by atoms with Crippen LogP contribution in [0.5, 0.6) is 5.75 Å². The third-order valence-electron chi connectivity index (χ3n) is 2.58. The monoisotopic (exact) mass is 259 g/mol. The lowest BCUT2D eigenvalue weighted by Gasteiger charge is -2.04. The Bertz CT molecular complexity index is 535. The van der Waals surface area contributed by atoms with Crippen LogP contribution in [0.3, 0.4) is 0 Å². The number of hydrogen-bond acceptors (Lipinski definition) is 2. The number of nitrogens with zero attached hydrogens (tertiary/aromatic N) is 1. The van der Waals surface area contributed by atoms with E-state index in [2.05, 4.69) is 5.43 Å². The largest absolute Gasteiger partial charge is 0.497 e. The fourth-order valence-corrected chi connectivity index (χ4v) is 1.74. The fourth-order valence-electron chi connectivity index (χ4n) is 1.50. The molecular weight excluding hydrogens is 244 g/mol. The zero-order chi connectivity index (χ0) is 13.0. The highest BCUT2D eigenvalue weighted by Gasteiger charge is 2.06. The molecule has 0 amide bonds. The zero-order valence-corrected chi connectivity index (χ0v) is 11.2. The van der Waals surface area contributed by atoms with E-state index in [9.17, 15) is 0 Å². The first kappa shape index (κ1) is 12.5. The second-order valence-corrected chi connectivity index (χ2v) is 4.36. The molecule has 0 saturated heterocycles. The van der Waals surface area contributed by atoms with Crippen LogP contribution < -0.4 is 14.8 Å². The molecule has 0 aliphatic rings. The van der Waals surface area contributed by atoms with Crippen LogP contribution in [0, 0.1) is 6.92 Å². The third-order valence-corrected chi connectivity index (χ3v) is 2.91. The van der Waals surface area contributed by atoms with Gasteiger partial charge in [-0.05, 0) is 36.8 Å². The molecule has 2 rings (SSSR count). The molecule has 0 unspecified atom stereocenters. The van der Waals surface area contributed by atoms with Gasteiger partial charge in [0.05, 0.1) is 7.11 Å². The number of rotatable bonds is 3. The van der Waals surface area contributed by atoms with Crippen LogP contribution in [-0.2, 0) is 0 Å². The Morgan fingerprint density at radius 1 is 1.11 bits per heavy atom. The average Bonchev–Trinajstić information content (AvgIpc) is 2.41. The van der Waals surface area contributed by atoms with Crippen molar-refractivity contribution >= 4 is 17.2 Å². The maximum atomic E-state index is 5.34. The number of benzene rings is 1. The minimum Gasteiger partial charge on any atom is -0.497 e. The van der Waals surface area contributed by atoms with Gasteiger partial charge in [-0.25, -0.2) is 0 Å². The summed E-state index contributed by atoms with van der Waals surface area (Å²) in [5.41, 5.74) is 5.30. The summed E-state index contributed by atoms with van der Waals surface area (Å²) in [7, 11) is 1.65. The van der Waals surface area contributed by atoms with E-state index in [-0.39, 0.29) is 0 Å². The number of thiocarbonyl (C=S) groups is 1. The molecule has 1 aromatic heterocycles. The molecule has 18 heavy (non-hydrogen) atoms. The molecule has 0 radical (unpaired) electrons. The van der Waals surface area contributed by atoms with Crippen LogP contribution in [0.15, 0.2) is 48.8 Å². The molecule has 3 nitrogen and oxygen atoms in total. The summed E-state index contributed by atoms with van der Waals surface area (Å²) in [6.07, 6.45) is 3.87. The van der Waals surface area contributed by atoms with Crippen LogP contribution in [0.4, 0.5) is 0 Å². The van der Waals surface area contributed by atoms with Gasteiger partial charge in [-0.2, -0.15) is 0 Å². The standard InChI is InChI=1S/C14H14N2OS/c1-11-7-9-16(10-8-11)15-14(18)12-3-5-13(17-2)6-4-12/h3-10H,1-2H3/p+1. The predicted octanol–water partition coefficient (Wildman–Crippen LogP) is 2.21. The van der Waals surface area contributed by atoms with Gasteiger partial charge >= 0.3 is 0 Å². The van der Waals surface area contributed by atoms with Gasteiger partial charge < -0.3 is 4.74 Å². The van der Waals surface area contributed by atoms with E-state index < -0.39 is 0 Å². The maximum Gasteiger partial charge on any atom is 0.200 e. The first-order valence-corrected chi connectivity index (χ1v) is 6.03. The lowest BCUT2D eigenvalue weighted by atomic mass is 10.2. The van der Waals surface area contributed by atoms with Gasteiger partial charge in [0, 0.05) is 17.7 Å². The number of hydrogen-bond donors (Lipinski definition) is 1. The van der Waals surface area contributed by atoms with Gasteiger partial charge in [-0.15, -0.1) is 5.43 Å². The Labute approximate surface area is 112 Å². The van der Waals surface area contributed by atoms with Crippen LogP contribution >= 0.6 is 12.2 Å². The van der Waals surface area contributed by atoms with Crippen LogP contribution in [0.2, 0.25) is 0 Å². The van der Waals surface area contributed by atoms with Gasteiger partial charge in [0.1, 0.15) is 5.75 Å². The van der Waals surface area contributed by atoms with Crippen LogP contribution in [-0.4, -0.2) is 12.1 Å². The Balaban J connectivity index is 2.09. The van der Waals surface area contributed by atoms with Crippen LogP contribution in [0.25, 0.3) is 0 Å². The third kappa shape index (κ3) is 3.05. The summed E-state index contributed by atoms with van der Waals surface area (Å²) in [5, 5.41) is 0. The summed E-state index contributed by atoms with van der Waals surface area (Å²) < 4.78 is 6.94. The van der Waals surface area contributed by atoms with Gasteiger partial charge in [0.15, 0.2) is 17.4 Å². The minimum atomic E-state index is 0.673. The second kappa shape index (κ2) is 5.60. The van der Waals surface area contributed by atoms with Crippen molar-refractivity contribution in [2.75, 3.05) is 12.5 Å². The molecular formula is C14H15N2OS+. The predicted molar refractivity (Wildman–Crippen MR) is 75.4 cm³/mol. The van der Waals surface area contributed by atoms with Gasteiger partial charge in [0.2, 0.25) is 0 Å². The Morgan fingerprint density at radius 2 is 1.72 bits per heavy atom. The zero-order valence-electron chi connectivity index (χ0n) is 10.4. The normalized spacial score (nSPS) is 9.89. The molecule has 0 aliphatic heterocycles. The number of nitrogens with one attached hydrogen (secondary N) is 1. The fraction of sp³-hybridized carbons (Fsp3) is 0.143. The van der Waals surface area contributed by atoms with E-state index in [0.717, 1.165) is 11.3 Å². The first-order chi connectivity index (χ1) is 8.69. The number of aryl methyl sites for hydroxylation is 1. The van der Waals surface area contributed by atoms with Crippen molar-refractivity contribution in [1.29, 1.82) is 0 Å². The van der Waals surface area contributed by atoms with Crippen molar-refractivity contribution in [2.24, 2.45) is 0 Å². The minimum absolute atomic E-state index is 0.673. The van der Waals surface area contributed by atoms with Crippen LogP contribution in [0.1, 0.15) is 11.1 Å². The molecule has 0 aliphatic carbocycles. The summed E-state index contributed by atoms with van der Waals surface area (Å²) in [5.74, 6) is 0.824. The maximum absolute atomic E-state index is 5.34. The molecule has 92 valence electrons. The summed E-state index contributed by atoms with van der Waals surface area (Å²) in [6, 6.07) is 11.7. The van der Waals surface area contributed by atoms with E-state index in [1.165, 1.54) is 5.56 Å². The topological polar surface area (TPSA) is 25.1 Å². The average molecular weight is 259 g/mol. The number of methoxy groups -OCH3 is 1. The van der Waals surface area contributed by atoms with E-state index in [1.54, 1.807) is 7.11 Å². The SMILES string of the molecule is COc1ccc(C(=S)N[n+]2ccc(C)cc2)cc1. The van der Waals surface area contributed by atoms with Crippen molar-refractivity contribution in [3.63, 3.8) is 0 Å². The van der Waals surface area contributed by atoms with Gasteiger partial charge in [0.25, 0.3) is 0 Å². The second-order valence-electron chi connectivity index (χ2n) is 3.95. The number of aromatic nitrogens is 1. The molecule has 0 saturated carbocycles. The summed E-state index contributed by atoms with van der Waals surface area (Å²) >= 11 is 5.34. The number of pyridine rings is 1. The lowest BCUT2D eigenvalue weighted by molar-refractivity contribution is -0.640. The molecule has 1 heterocycles. The number of ether oxygens (including phenoxy) is 1. The molecule has 4 heteroatoms. The molecule has 2 aromatic rings. The molecule has 0 atom stereocenters. The van der Waals surface area contributed by atoms with Crippen molar-refractivity contribution < 1.29 is 9.41 Å². The van der Waals surface area contributed by atoms with Crippen molar-refractivity contribution in [1.82, 2.24) is 0 Å². The Hall–Kier alpha value is -1.94. The van der Waals surface area contributed by atoms with Crippen molar-refractivity contribution in [3.8, 4) is 5.75 Å². The van der Waals surface area contributed by atoms with E-state index >= 15 is 0 Å². The molecule has 1 aromatic carbocycles. The highest BCUT2D eigenvalue weighted by molar-refractivity contribution is 7.81. The molecule has 0 bridgehead atoms. The van der Waals surface area contributed by atoms with E-state index in [1.807, 2.05) is 60.4 Å². The Kier molecular flexibility index (Phi) is 3.89. The van der Waals surface area contributed by atoms with Gasteiger partial charge in [-0.1, -0.05) is 16.9 Å². The van der Waals surface area contributed by atoms with Crippen molar-refractivity contribution in [3.05, 3.63) is 59.9 Å². The van der Waals surface area contributed by atoms with E-state index in [4.69, 9.17) is 17.0 Å². The molecule has 0 spiro atoms. The highest BCUT2D eigenvalue weighted by atomic mass is 32.1. The first-order valence-electron chi connectivity index (χ1n) is 5.62. The quantitative estimate of drug-likeness (QED) is 0.676. The lowest BCUT2D eigenvalue weighted by Crippen LogP contribution is -2.47. The summed E-state index contributed by atoms with van der Waals surface area (Å²) in [6.45, 7) is 2.05. The molecule has 0 fully saturated rings. The van der Waals surface area contributed by atoms with E-state index in [0.29, 0.717) is 4.99 Å².